The van der Waals surface area contributed by atoms with E-state index < -0.39 is 8.07 Å². The van der Waals surface area contributed by atoms with Crippen molar-refractivity contribution in [2.75, 3.05) is 9.80 Å². The van der Waals surface area contributed by atoms with Crippen LogP contribution in [-0.4, -0.2) is 22.1 Å². The zero-order valence-electron chi connectivity index (χ0n) is 44.6. The van der Waals surface area contributed by atoms with Gasteiger partial charge >= 0.3 is 0 Å². The van der Waals surface area contributed by atoms with E-state index >= 15 is 0 Å². The number of hydrogen-bond acceptors (Lipinski definition) is 3. The van der Waals surface area contributed by atoms with Crippen molar-refractivity contribution >= 4 is 135 Å². The first-order valence-corrected chi connectivity index (χ1v) is 30.8. The molecule has 13 aromatic rings. The van der Waals surface area contributed by atoms with Crippen molar-refractivity contribution in [1.82, 2.24) is 8.80 Å². The van der Waals surface area contributed by atoms with Crippen LogP contribution in [0.1, 0.15) is 66.5 Å². The third kappa shape index (κ3) is 7.08. The normalized spacial score (nSPS) is 13.0. The van der Waals surface area contributed by atoms with Crippen LogP contribution in [0.25, 0.3) is 76.2 Å². The molecule has 9 aromatic carbocycles. The summed E-state index contributed by atoms with van der Waals surface area (Å²) in [5.41, 5.74) is 17.0. The minimum Gasteiger partial charge on any atom is -0.310 e. The number of nitrogens with zero attached hydrogens (tertiary/aromatic N) is 4. The lowest BCUT2D eigenvalue weighted by Crippen LogP contribution is -2.37. The van der Waals surface area contributed by atoms with E-state index in [-0.39, 0.29) is 10.8 Å². The van der Waals surface area contributed by atoms with E-state index in [1.54, 1.807) is 0 Å². The first kappa shape index (κ1) is 46.5. The monoisotopic (exact) mass is 996 g/mol. The van der Waals surface area contributed by atoms with Crippen molar-refractivity contribution in [2.24, 2.45) is 0 Å². The molecule has 0 bridgehead atoms. The molecular weight excluding hydrogens is 933 g/mol. The van der Waals surface area contributed by atoms with Crippen LogP contribution in [0.15, 0.2) is 187 Å². The Kier molecular flexibility index (Phi) is 10.5. The van der Waals surface area contributed by atoms with Gasteiger partial charge in [0.2, 0.25) is 0 Å². The first-order valence-electron chi connectivity index (χ1n) is 26.5. The van der Waals surface area contributed by atoms with Crippen LogP contribution < -0.4 is 15.0 Å². The van der Waals surface area contributed by atoms with Crippen molar-refractivity contribution in [3.8, 4) is 0 Å². The summed E-state index contributed by atoms with van der Waals surface area (Å²) in [4.78, 5) is 6.25. The molecule has 13 rings (SSSR count). The van der Waals surface area contributed by atoms with Gasteiger partial charge in [-0.3, -0.25) is 0 Å². The number of rotatable bonds is 9. The fraction of sp³-hybridized carbons (Fsp3) is 0.206. The van der Waals surface area contributed by atoms with Crippen LogP contribution in [0, 0.1) is 0 Å². The summed E-state index contributed by atoms with van der Waals surface area (Å²) in [7, 11) is -1.52. The van der Waals surface area contributed by atoms with Gasteiger partial charge in [0.25, 0.3) is 0 Å². The molecule has 366 valence electrons. The molecule has 74 heavy (non-hydrogen) atoms. The molecule has 0 aliphatic heterocycles. The van der Waals surface area contributed by atoms with Gasteiger partial charge in [-0.05, 0) is 107 Å². The van der Waals surface area contributed by atoms with Crippen LogP contribution in [0.2, 0.25) is 19.6 Å². The Bertz CT molecular complexity index is 4280. The molecule has 0 radical (unpaired) electrons. The molecule has 4 heterocycles. The summed E-state index contributed by atoms with van der Waals surface area (Å²) in [6, 6.07) is 69.2. The van der Waals surface area contributed by atoms with E-state index in [0.717, 1.165) is 22.7 Å². The number of thioether (sulfide) groups is 1. The lowest BCUT2D eigenvalue weighted by molar-refractivity contribution is 0.594. The average molecular weight is 997 g/mol. The van der Waals surface area contributed by atoms with E-state index in [4.69, 9.17) is 0 Å². The van der Waals surface area contributed by atoms with Gasteiger partial charge in [0.15, 0.2) is 0 Å². The van der Waals surface area contributed by atoms with E-state index in [0.29, 0.717) is 5.25 Å². The van der Waals surface area contributed by atoms with E-state index in [2.05, 4.69) is 276 Å². The maximum Gasteiger partial charge on any atom is 0.0775 e. The molecule has 0 N–H and O–H groups in total. The van der Waals surface area contributed by atoms with Gasteiger partial charge in [0.1, 0.15) is 0 Å². The Labute approximate surface area is 440 Å². The highest BCUT2D eigenvalue weighted by Gasteiger charge is 2.32. The van der Waals surface area contributed by atoms with Crippen LogP contribution in [0.5, 0.6) is 0 Å². The van der Waals surface area contributed by atoms with E-state index in [1.807, 2.05) is 11.8 Å². The fourth-order valence-electron chi connectivity index (χ4n) is 12.3. The first-order chi connectivity index (χ1) is 35.5. The summed E-state index contributed by atoms with van der Waals surface area (Å²) in [5, 5.41) is 12.2. The second-order valence-corrected chi connectivity index (χ2v) is 30.7. The second-order valence-electron chi connectivity index (χ2n) is 24.0. The van der Waals surface area contributed by atoms with Gasteiger partial charge in [-0.2, -0.15) is 0 Å². The molecular formula is C68H64N4SSi. The number of para-hydroxylation sites is 4. The van der Waals surface area contributed by atoms with E-state index in [1.165, 1.54) is 109 Å². The predicted octanol–water partition coefficient (Wildman–Crippen LogP) is 19.6. The van der Waals surface area contributed by atoms with Crippen molar-refractivity contribution in [2.45, 2.75) is 96.0 Å². The predicted molar refractivity (Wildman–Crippen MR) is 326 cm³/mol. The van der Waals surface area contributed by atoms with Crippen LogP contribution >= 0.6 is 11.8 Å². The quantitative estimate of drug-likeness (QED) is 0.106. The Hall–Kier alpha value is -7.25. The molecule has 0 unspecified atom stereocenters. The fourth-order valence-corrected chi connectivity index (χ4v) is 14.3. The summed E-state index contributed by atoms with van der Waals surface area (Å²) < 4.78 is 5.29. The smallest absolute Gasteiger partial charge is 0.0775 e. The topological polar surface area (TPSA) is 15.3 Å². The molecule has 0 spiro atoms. The van der Waals surface area contributed by atoms with Gasteiger partial charge in [-0.15, -0.1) is 11.8 Å². The van der Waals surface area contributed by atoms with Crippen molar-refractivity contribution in [1.29, 1.82) is 0 Å². The van der Waals surface area contributed by atoms with Crippen molar-refractivity contribution in [3.63, 3.8) is 0 Å². The molecule has 0 saturated carbocycles. The summed E-state index contributed by atoms with van der Waals surface area (Å²) >= 11 is 1.91. The Balaban J connectivity index is 1.15. The van der Waals surface area contributed by atoms with Crippen LogP contribution in [0.4, 0.5) is 34.1 Å². The SMILES string of the molecule is CC(C)Sc1ccc(N(c2ccccc2)c2ccc3c4cc5c(cc4n4c6c(C(C)(C)C)cccc6c2c34)c2ccc(N(c3ccccc3)c3ccc([Si](C)(C)C)cc3)c3c4cccc(C(C)(C)C)c4n5c23)cc1. The highest BCUT2D eigenvalue weighted by Crippen LogP contribution is 2.53. The van der Waals surface area contributed by atoms with Gasteiger partial charge in [0.05, 0.1) is 52.5 Å². The zero-order chi connectivity index (χ0) is 51.2. The number of fused-ring (bicyclic) bond motifs is 12. The lowest BCUT2D eigenvalue weighted by Gasteiger charge is -2.27. The Morgan fingerprint density at radius 2 is 0.811 bits per heavy atom. The molecule has 0 aliphatic rings. The van der Waals surface area contributed by atoms with Gasteiger partial charge in [-0.25, -0.2) is 0 Å². The largest absolute Gasteiger partial charge is 0.310 e. The highest BCUT2D eigenvalue weighted by atomic mass is 32.2. The summed E-state index contributed by atoms with van der Waals surface area (Å²) in [6.07, 6.45) is 0. The van der Waals surface area contributed by atoms with Crippen LogP contribution in [0.3, 0.4) is 0 Å². The maximum absolute atomic E-state index is 2.65. The van der Waals surface area contributed by atoms with Gasteiger partial charge < -0.3 is 18.6 Å². The molecule has 6 heteroatoms. The highest BCUT2D eigenvalue weighted by molar-refractivity contribution is 7.99. The van der Waals surface area contributed by atoms with Crippen LogP contribution in [-0.2, 0) is 10.8 Å². The van der Waals surface area contributed by atoms with Crippen molar-refractivity contribution < 1.29 is 0 Å². The minimum absolute atomic E-state index is 0.111. The number of anilines is 6. The maximum atomic E-state index is 2.65. The lowest BCUT2D eigenvalue weighted by atomic mass is 9.85. The third-order valence-electron chi connectivity index (χ3n) is 15.6. The minimum atomic E-state index is -1.52. The van der Waals surface area contributed by atoms with E-state index in [9.17, 15) is 0 Å². The molecule has 0 aliphatic carbocycles. The Morgan fingerprint density at radius 1 is 0.405 bits per heavy atom. The van der Waals surface area contributed by atoms with Crippen molar-refractivity contribution in [3.05, 3.63) is 193 Å². The number of benzene rings is 9. The average Bonchev–Trinajstić information content (AvgIpc) is 4.16. The third-order valence-corrected chi connectivity index (χ3v) is 18.7. The summed E-state index contributed by atoms with van der Waals surface area (Å²) in [6.45, 7) is 26.0. The number of aromatic nitrogens is 2. The molecule has 0 fully saturated rings. The Morgan fingerprint density at radius 3 is 1.20 bits per heavy atom. The van der Waals surface area contributed by atoms with Gasteiger partial charge in [-0.1, -0.05) is 177 Å². The van der Waals surface area contributed by atoms with Gasteiger partial charge in [0, 0.05) is 76.0 Å². The molecule has 0 saturated heterocycles. The summed E-state index contributed by atoms with van der Waals surface area (Å²) in [5.74, 6) is 0. The zero-order valence-corrected chi connectivity index (χ0v) is 46.4. The number of hydrogen-bond donors (Lipinski definition) is 0. The second kappa shape index (κ2) is 16.6. The molecule has 0 amide bonds. The standard InChI is InChI=1S/C68H64N4SSi/c1-42(2)73-47-32-28-45(29-33-47)69(43-20-14-12-15-21-43)57-38-36-49-53-40-60-54(41-59(53)71-63-51(61(57)65(49)71)24-18-26-55(63)67(3,4)5)50-37-39-58(62-52-25-19-27-56(68(6,7)8)64(52)72(60)66(50)62)70(44-22-16-13-17-23-44)46-30-34-48(35-31-46)74(9,10)11/h12-42H,1-11H3. The molecule has 4 aromatic heterocycles. The molecule has 4 nitrogen and oxygen atoms in total. The molecule has 0 atom stereocenters.